The fourth-order valence-corrected chi connectivity index (χ4v) is 4.28. The van der Waals surface area contributed by atoms with Crippen molar-refractivity contribution in [3.05, 3.63) is 71.4 Å². The van der Waals surface area contributed by atoms with Crippen LogP contribution in [0.15, 0.2) is 60.2 Å². The lowest BCUT2D eigenvalue weighted by Crippen LogP contribution is -2.42. The highest BCUT2D eigenvalue weighted by molar-refractivity contribution is 7.16. The van der Waals surface area contributed by atoms with Gasteiger partial charge in [0.05, 0.1) is 39.1 Å². The summed E-state index contributed by atoms with van der Waals surface area (Å²) < 4.78 is 52.5. The summed E-state index contributed by atoms with van der Waals surface area (Å²) in [4.78, 5) is 33.5. The first kappa shape index (κ1) is 29.7. The van der Waals surface area contributed by atoms with Gasteiger partial charge in [0.2, 0.25) is 0 Å². The second kappa shape index (κ2) is 12.1. The van der Waals surface area contributed by atoms with Crippen molar-refractivity contribution in [3.63, 3.8) is 0 Å². The molecule has 0 fully saturated rings. The highest BCUT2D eigenvalue weighted by Crippen LogP contribution is 2.28. The third-order valence-corrected chi connectivity index (χ3v) is 6.63. The van der Waals surface area contributed by atoms with Gasteiger partial charge in [-0.3, -0.25) is 9.59 Å². The lowest BCUT2D eigenvalue weighted by Gasteiger charge is -2.22. The maximum Gasteiger partial charge on any atom is 0.405 e. The maximum atomic E-state index is 14.2. The first-order chi connectivity index (χ1) is 19.3. The Morgan fingerprint density at radius 3 is 2.34 bits per heavy atom. The molecule has 1 atom stereocenters. The molecule has 9 nitrogen and oxygen atoms in total. The van der Waals surface area contributed by atoms with E-state index in [1.165, 1.54) is 55.6 Å². The summed E-state index contributed by atoms with van der Waals surface area (Å²) in [6.07, 6.45) is -4.97. The Labute approximate surface area is 236 Å². The van der Waals surface area contributed by atoms with E-state index in [0.29, 0.717) is 11.5 Å². The molecule has 2 aromatic heterocycles. The predicted molar refractivity (Wildman–Crippen MR) is 149 cm³/mol. The summed E-state index contributed by atoms with van der Waals surface area (Å²) >= 11 is 1.47. The molecular weight excluding hydrogens is 564 g/mol. The lowest BCUT2D eigenvalue weighted by molar-refractivity contribution is -0.123. The van der Waals surface area contributed by atoms with Crippen molar-refractivity contribution in [2.75, 3.05) is 23.7 Å². The Morgan fingerprint density at radius 1 is 0.951 bits per heavy atom. The van der Waals surface area contributed by atoms with Crippen LogP contribution in [0.3, 0.4) is 0 Å². The van der Waals surface area contributed by atoms with Gasteiger partial charge >= 0.3 is 6.18 Å². The summed E-state index contributed by atoms with van der Waals surface area (Å²) in [6, 6.07) is 12.7. The average molecular weight is 591 g/mol. The molecule has 0 saturated carbocycles. The Kier molecular flexibility index (Phi) is 8.73. The van der Waals surface area contributed by atoms with Gasteiger partial charge in [0, 0.05) is 29.2 Å². The molecule has 0 bridgehead atoms. The fourth-order valence-electron chi connectivity index (χ4n) is 3.56. The number of pyridine rings is 1. The lowest BCUT2D eigenvalue weighted by atomic mass is 10.0. The molecule has 0 aliphatic heterocycles. The Hall–Kier alpha value is -4.30. The molecule has 0 radical (unpaired) electrons. The van der Waals surface area contributed by atoms with Crippen LogP contribution in [0.5, 0.6) is 0 Å². The minimum absolute atomic E-state index is 0.00825. The topological polar surface area (TPSA) is 128 Å². The number of halogens is 4. The largest absolute Gasteiger partial charge is 0.405 e. The second-order valence-electron chi connectivity index (χ2n) is 9.61. The Bertz CT molecular complexity index is 1540. The van der Waals surface area contributed by atoms with E-state index in [4.69, 9.17) is 0 Å². The second-order valence-corrected chi connectivity index (χ2v) is 10.5. The van der Waals surface area contributed by atoms with Gasteiger partial charge in [0.1, 0.15) is 18.5 Å². The Morgan fingerprint density at radius 2 is 1.66 bits per heavy atom. The van der Waals surface area contributed by atoms with Crippen molar-refractivity contribution in [2.24, 2.45) is 0 Å². The van der Waals surface area contributed by atoms with Gasteiger partial charge in [-0.1, -0.05) is 0 Å². The summed E-state index contributed by atoms with van der Waals surface area (Å²) in [5.74, 6) is -1.18. The van der Waals surface area contributed by atoms with Gasteiger partial charge in [-0.25, -0.2) is 14.4 Å². The van der Waals surface area contributed by atoms with Crippen molar-refractivity contribution in [3.8, 4) is 0 Å². The Balaban J connectivity index is 1.56. The molecule has 0 aliphatic rings. The number of aromatic nitrogens is 2. The molecule has 216 valence electrons. The van der Waals surface area contributed by atoms with E-state index in [2.05, 4.69) is 25.9 Å². The highest BCUT2D eigenvalue weighted by Gasteiger charge is 2.28. The number of carbonyl (C=O) groups excluding carboxylic acids is 2. The molecule has 0 unspecified atom stereocenters. The van der Waals surface area contributed by atoms with Gasteiger partial charge in [0.25, 0.3) is 11.8 Å². The zero-order chi connectivity index (χ0) is 29.8. The number of benzene rings is 2. The molecule has 2 amide bonds. The zero-order valence-electron chi connectivity index (χ0n) is 21.8. The van der Waals surface area contributed by atoms with E-state index >= 15 is 0 Å². The number of fused-ring (bicyclic) bond motifs is 1. The summed E-state index contributed by atoms with van der Waals surface area (Å²) in [6.45, 7) is 0.670. The van der Waals surface area contributed by atoms with Crippen LogP contribution >= 0.6 is 11.3 Å². The zero-order valence-corrected chi connectivity index (χ0v) is 22.7. The van der Waals surface area contributed by atoms with Crippen LogP contribution in [0.25, 0.3) is 10.2 Å². The number of carbonyl (C=O) groups is 2. The third kappa shape index (κ3) is 8.11. The van der Waals surface area contributed by atoms with E-state index in [1.54, 1.807) is 16.9 Å². The number of thiazole rings is 1. The molecule has 2 heterocycles. The van der Waals surface area contributed by atoms with Crippen LogP contribution in [0, 0.1) is 0 Å². The van der Waals surface area contributed by atoms with Gasteiger partial charge < -0.3 is 26.4 Å². The molecule has 0 aliphatic carbocycles. The summed E-state index contributed by atoms with van der Waals surface area (Å²) in [5, 5.41) is 20.3. The van der Waals surface area contributed by atoms with Crippen molar-refractivity contribution in [1.29, 1.82) is 0 Å². The number of rotatable bonds is 10. The number of alkyl halides is 4. The molecule has 4 aromatic rings. The van der Waals surface area contributed by atoms with E-state index in [1.807, 2.05) is 18.2 Å². The van der Waals surface area contributed by atoms with Crippen molar-refractivity contribution < 1.29 is 32.3 Å². The number of hydrogen-bond donors (Lipinski definition) is 5. The maximum absolute atomic E-state index is 14.2. The first-order valence-electron chi connectivity index (χ1n) is 12.3. The normalized spacial score (nSPS) is 12.6. The molecular formula is C27H26F4N6O3S. The van der Waals surface area contributed by atoms with E-state index in [-0.39, 0.29) is 16.8 Å². The number of aliphatic hydroxyl groups is 1. The van der Waals surface area contributed by atoms with Crippen LogP contribution in [-0.4, -0.2) is 57.9 Å². The van der Waals surface area contributed by atoms with Crippen molar-refractivity contribution in [2.45, 2.75) is 31.8 Å². The van der Waals surface area contributed by atoms with Crippen LogP contribution in [-0.2, 0) is 0 Å². The molecule has 5 N–H and O–H groups in total. The molecule has 0 saturated heterocycles. The van der Waals surface area contributed by atoms with Gasteiger partial charge in [-0.15, -0.1) is 11.3 Å². The van der Waals surface area contributed by atoms with Crippen LogP contribution < -0.4 is 21.3 Å². The van der Waals surface area contributed by atoms with Crippen LogP contribution in [0.1, 0.15) is 34.6 Å². The number of nitrogens with one attached hydrogen (secondary N) is 4. The summed E-state index contributed by atoms with van der Waals surface area (Å²) in [7, 11) is 0. The summed E-state index contributed by atoms with van der Waals surface area (Å²) in [5.41, 5.74) is 2.38. The average Bonchev–Trinajstić information content (AvgIpc) is 3.38. The van der Waals surface area contributed by atoms with Gasteiger partial charge in [-0.2, -0.15) is 13.2 Å². The quantitative estimate of drug-likeness (QED) is 0.158. The number of amides is 2. The van der Waals surface area contributed by atoms with Crippen molar-refractivity contribution >= 4 is 56.2 Å². The number of anilines is 4. The SMILES string of the molecule is CC(C)(O)[C@H](F)CNC(=O)c1cnc(Nc2ccc3ncsc3c2)cc1Nc1ccc(C(=O)NCC(F)(F)F)cc1. The standard InChI is InChI=1S/C27H26F4N6O3S/c1-26(2,40)22(28)12-33-25(39)18-11-32-23(37-17-7-8-19-21(9-17)41-14-35-19)10-20(18)36-16-5-3-15(4-6-16)24(38)34-13-27(29,30)31/h3-11,14,22,40H,12-13H2,1-2H3,(H,33,39)(H,34,38)(H2,32,36,37)/t22-/m1/s1. The van der Waals surface area contributed by atoms with Crippen molar-refractivity contribution in [1.82, 2.24) is 20.6 Å². The predicted octanol–water partition coefficient (Wildman–Crippen LogP) is 5.31. The monoisotopic (exact) mass is 590 g/mol. The van der Waals surface area contributed by atoms with Gasteiger partial charge in [0.15, 0.2) is 0 Å². The first-order valence-corrected chi connectivity index (χ1v) is 13.1. The van der Waals surface area contributed by atoms with Gasteiger partial charge in [-0.05, 0) is 56.3 Å². The molecule has 14 heteroatoms. The third-order valence-electron chi connectivity index (χ3n) is 5.84. The molecule has 41 heavy (non-hydrogen) atoms. The molecule has 2 aromatic carbocycles. The number of nitrogens with zero attached hydrogens (tertiary/aromatic N) is 2. The van der Waals surface area contributed by atoms with E-state index in [9.17, 15) is 32.3 Å². The van der Waals surface area contributed by atoms with E-state index < -0.39 is 42.9 Å². The smallest absolute Gasteiger partial charge is 0.387 e. The fraction of sp³-hybridized carbons (Fsp3) is 0.259. The van der Waals surface area contributed by atoms with Crippen LogP contribution in [0.2, 0.25) is 0 Å². The van der Waals surface area contributed by atoms with E-state index in [0.717, 1.165) is 15.9 Å². The minimum atomic E-state index is -4.54. The van der Waals surface area contributed by atoms with Crippen LogP contribution in [0.4, 0.5) is 40.4 Å². The molecule has 0 spiro atoms. The number of hydrogen-bond acceptors (Lipinski definition) is 8. The highest BCUT2D eigenvalue weighted by atomic mass is 32.1. The minimum Gasteiger partial charge on any atom is -0.387 e. The molecule has 4 rings (SSSR count).